The topological polar surface area (TPSA) is 89.7 Å². The number of amides is 1. The zero-order valence-corrected chi connectivity index (χ0v) is 13.2. The molecule has 0 atom stereocenters. The molecule has 1 heterocycles. The van der Waals surface area contributed by atoms with Crippen LogP contribution in [0.1, 0.15) is 12.8 Å². The van der Waals surface area contributed by atoms with E-state index in [1.54, 1.807) is 6.07 Å². The highest BCUT2D eigenvalue weighted by Crippen LogP contribution is 2.30. The number of benzene rings is 1. The lowest BCUT2D eigenvalue weighted by atomic mass is 9.98. The highest BCUT2D eigenvalue weighted by atomic mass is 35.5. The average molecular weight is 333 g/mol. The number of ether oxygens (including phenoxy) is 1. The molecule has 1 aromatic rings. The van der Waals surface area contributed by atoms with Crippen LogP contribution in [0.4, 0.5) is 0 Å². The van der Waals surface area contributed by atoms with Gasteiger partial charge >= 0.3 is 0 Å². The van der Waals surface area contributed by atoms with Crippen LogP contribution in [-0.2, 0) is 14.8 Å². The number of hydrogen-bond acceptors (Lipinski definition) is 4. The minimum Gasteiger partial charge on any atom is -0.497 e. The van der Waals surface area contributed by atoms with Gasteiger partial charge in [0.2, 0.25) is 15.9 Å². The summed E-state index contributed by atoms with van der Waals surface area (Å²) in [6.07, 6.45) is 0.866. The van der Waals surface area contributed by atoms with Crippen LogP contribution >= 0.6 is 11.6 Å². The van der Waals surface area contributed by atoms with Crippen LogP contribution in [-0.4, -0.2) is 38.8 Å². The Bertz CT molecular complexity index is 640. The molecule has 1 fully saturated rings. The monoisotopic (exact) mass is 332 g/mol. The maximum atomic E-state index is 12.6. The number of sulfonamides is 1. The Balaban J connectivity index is 2.21. The number of carbonyl (C=O) groups is 1. The standard InChI is InChI=1S/C13H17ClN2O4S/c1-20-10-2-3-12(11(14)8-10)21(18,19)16-6-4-9(5-7-16)13(15)17/h2-3,8-9H,4-7H2,1H3,(H2,15,17). The molecule has 116 valence electrons. The van der Waals surface area contributed by atoms with Gasteiger partial charge in [0.15, 0.2) is 0 Å². The van der Waals surface area contributed by atoms with Gasteiger partial charge in [-0.2, -0.15) is 4.31 Å². The quantitative estimate of drug-likeness (QED) is 0.898. The third-order valence-electron chi connectivity index (χ3n) is 3.61. The third-order valence-corrected chi connectivity index (χ3v) is 5.99. The summed E-state index contributed by atoms with van der Waals surface area (Å²) in [5.74, 6) is -0.149. The summed E-state index contributed by atoms with van der Waals surface area (Å²) >= 11 is 6.03. The van der Waals surface area contributed by atoms with Crippen molar-refractivity contribution in [3.63, 3.8) is 0 Å². The van der Waals surface area contributed by atoms with E-state index in [9.17, 15) is 13.2 Å². The average Bonchev–Trinajstić information content (AvgIpc) is 2.46. The van der Waals surface area contributed by atoms with E-state index in [2.05, 4.69) is 0 Å². The molecule has 0 spiro atoms. The van der Waals surface area contributed by atoms with E-state index in [1.807, 2.05) is 0 Å². The van der Waals surface area contributed by atoms with Crippen LogP contribution in [0.3, 0.4) is 0 Å². The summed E-state index contributed by atoms with van der Waals surface area (Å²) in [6.45, 7) is 0.524. The number of nitrogens with two attached hydrogens (primary N) is 1. The van der Waals surface area contributed by atoms with Crippen molar-refractivity contribution in [3.05, 3.63) is 23.2 Å². The SMILES string of the molecule is COc1ccc(S(=O)(=O)N2CCC(C(N)=O)CC2)c(Cl)c1. The third kappa shape index (κ3) is 3.30. The molecule has 0 aliphatic carbocycles. The fraction of sp³-hybridized carbons (Fsp3) is 0.462. The number of hydrogen-bond donors (Lipinski definition) is 1. The van der Waals surface area contributed by atoms with Crippen LogP contribution in [0.15, 0.2) is 23.1 Å². The first kappa shape index (κ1) is 16.1. The lowest BCUT2D eigenvalue weighted by molar-refractivity contribution is -0.122. The smallest absolute Gasteiger partial charge is 0.244 e. The highest BCUT2D eigenvalue weighted by Gasteiger charge is 2.32. The van der Waals surface area contributed by atoms with Gasteiger partial charge in [-0.1, -0.05) is 11.6 Å². The van der Waals surface area contributed by atoms with Gasteiger partial charge < -0.3 is 10.5 Å². The summed E-state index contributed by atoms with van der Waals surface area (Å²) in [6, 6.07) is 4.44. The van der Waals surface area contributed by atoms with Crippen molar-refractivity contribution >= 4 is 27.5 Å². The predicted molar refractivity (Wildman–Crippen MR) is 78.7 cm³/mol. The second-order valence-electron chi connectivity index (χ2n) is 4.88. The number of primary amides is 1. The largest absolute Gasteiger partial charge is 0.497 e. The van der Waals surface area contributed by atoms with Crippen molar-refractivity contribution in [2.75, 3.05) is 20.2 Å². The van der Waals surface area contributed by atoms with E-state index in [0.29, 0.717) is 18.6 Å². The number of methoxy groups -OCH3 is 1. The Morgan fingerprint density at radius 2 is 2.00 bits per heavy atom. The van der Waals surface area contributed by atoms with Crippen LogP contribution in [0.25, 0.3) is 0 Å². The normalized spacial score (nSPS) is 17.6. The molecular formula is C13H17ClN2O4S. The molecule has 1 amide bonds. The van der Waals surface area contributed by atoms with Crippen molar-refractivity contribution in [1.82, 2.24) is 4.31 Å². The van der Waals surface area contributed by atoms with Crippen molar-refractivity contribution in [1.29, 1.82) is 0 Å². The van der Waals surface area contributed by atoms with Crippen LogP contribution in [0, 0.1) is 5.92 Å². The van der Waals surface area contributed by atoms with Gasteiger partial charge in [0.05, 0.1) is 12.1 Å². The molecular weight excluding hydrogens is 316 g/mol. The number of piperidine rings is 1. The molecule has 0 unspecified atom stereocenters. The van der Waals surface area contributed by atoms with E-state index < -0.39 is 10.0 Å². The lowest BCUT2D eigenvalue weighted by Crippen LogP contribution is -2.41. The lowest BCUT2D eigenvalue weighted by Gasteiger charge is -2.30. The zero-order chi connectivity index (χ0) is 15.6. The Hall–Kier alpha value is -1.31. The summed E-state index contributed by atoms with van der Waals surface area (Å²) < 4.78 is 31.5. The fourth-order valence-electron chi connectivity index (χ4n) is 2.34. The first-order chi connectivity index (χ1) is 9.86. The molecule has 0 radical (unpaired) electrons. The minimum atomic E-state index is -3.67. The van der Waals surface area contributed by atoms with Crippen molar-refractivity contribution in [2.45, 2.75) is 17.7 Å². The number of halogens is 1. The molecule has 2 N–H and O–H groups in total. The van der Waals surface area contributed by atoms with Crippen molar-refractivity contribution < 1.29 is 17.9 Å². The molecule has 1 aliphatic heterocycles. The highest BCUT2D eigenvalue weighted by molar-refractivity contribution is 7.89. The fourth-order valence-corrected chi connectivity index (χ4v) is 4.32. The van der Waals surface area contributed by atoms with Crippen LogP contribution in [0.2, 0.25) is 5.02 Å². The minimum absolute atomic E-state index is 0.0440. The molecule has 21 heavy (non-hydrogen) atoms. The first-order valence-corrected chi connectivity index (χ1v) is 8.31. The van der Waals surface area contributed by atoms with Gasteiger partial charge in [0.1, 0.15) is 10.6 Å². The summed E-state index contributed by atoms with van der Waals surface area (Å²) in [7, 11) is -2.19. The van der Waals surface area contributed by atoms with Gasteiger partial charge in [0.25, 0.3) is 0 Å². The zero-order valence-electron chi connectivity index (χ0n) is 11.6. The summed E-state index contributed by atoms with van der Waals surface area (Å²) in [5, 5.41) is 0.117. The predicted octanol–water partition coefficient (Wildman–Crippen LogP) is 1.23. The molecule has 1 saturated heterocycles. The van der Waals surface area contributed by atoms with Gasteiger partial charge in [-0.3, -0.25) is 4.79 Å². The second kappa shape index (κ2) is 6.21. The van der Waals surface area contributed by atoms with E-state index in [-0.39, 0.29) is 34.8 Å². The first-order valence-electron chi connectivity index (χ1n) is 6.49. The molecule has 8 heteroatoms. The number of carbonyl (C=O) groups excluding carboxylic acids is 1. The van der Waals surface area contributed by atoms with Gasteiger partial charge in [-0.25, -0.2) is 8.42 Å². The summed E-state index contributed by atoms with van der Waals surface area (Å²) in [5.41, 5.74) is 5.25. The van der Waals surface area contributed by atoms with Crippen LogP contribution in [0.5, 0.6) is 5.75 Å². The van der Waals surface area contributed by atoms with Crippen molar-refractivity contribution in [3.8, 4) is 5.75 Å². The van der Waals surface area contributed by atoms with E-state index in [4.69, 9.17) is 22.1 Å². The molecule has 0 aromatic heterocycles. The Morgan fingerprint density at radius 1 is 1.38 bits per heavy atom. The molecule has 6 nitrogen and oxygen atoms in total. The van der Waals surface area contributed by atoms with E-state index in [1.165, 1.54) is 23.5 Å². The molecule has 2 rings (SSSR count). The maximum absolute atomic E-state index is 12.6. The maximum Gasteiger partial charge on any atom is 0.244 e. The second-order valence-corrected chi connectivity index (χ2v) is 7.19. The van der Waals surface area contributed by atoms with Gasteiger partial charge in [-0.15, -0.1) is 0 Å². The Kier molecular flexibility index (Phi) is 4.75. The Morgan fingerprint density at radius 3 is 2.48 bits per heavy atom. The molecule has 0 saturated carbocycles. The van der Waals surface area contributed by atoms with Gasteiger partial charge in [0, 0.05) is 25.1 Å². The van der Waals surface area contributed by atoms with E-state index in [0.717, 1.165) is 0 Å². The van der Waals surface area contributed by atoms with Crippen LogP contribution < -0.4 is 10.5 Å². The Labute approximate surface area is 128 Å². The number of rotatable bonds is 4. The molecule has 0 bridgehead atoms. The van der Waals surface area contributed by atoms with Crippen molar-refractivity contribution in [2.24, 2.45) is 11.7 Å². The summed E-state index contributed by atoms with van der Waals surface area (Å²) in [4.78, 5) is 11.2. The molecule has 1 aromatic carbocycles. The number of nitrogens with zero attached hydrogens (tertiary/aromatic N) is 1. The molecule has 1 aliphatic rings. The van der Waals surface area contributed by atoms with Gasteiger partial charge in [-0.05, 0) is 25.0 Å². The van der Waals surface area contributed by atoms with E-state index >= 15 is 0 Å².